The van der Waals surface area contributed by atoms with E-state index < -0.39 is 12.1 Å². The maximum Gasteiger partial charge on any atom is 0.265 e. The highest BCUT2D eigenvalue weighted by atomic mass is 32.1. The number of anilines is 1. The first-order chi connectivity index (χ1) is 15.8. The number of carbonyl (C=O) groups is 2. The van der Waals surface area contributed by atoms with E-state index in [2.05, 4.69) is 10.3 Å². The summed E-state index contributed by atoms with van der Waals surface area (Å²) in [5, 5.41) is 3.27. The number of aryl methyl sites for hydroxylation is 1. The highest BCUT2D eigenvalue weighted by molar-refractivity contribution is 7.19. The van der Waals surface area contributed by atoms with Crippen LogP contribution in [0.5, 0.6) is 5.75 Å². The van der Waals surface area contributed by atoms with Gasteiger partial charge in [-0.1, -0.05) is 30.3 Å². The van der Waals surface area contributed by atoms with Crippen molar-refractivity contribution >= 4 is 38.9 Å². The number of ketones is 1. The van der Waals surface area contributed by atoms with E-state index in [9.17, 15) is 14.4 Å². The van der Waals surface area contributed by atoms with Crippen molar-refractivity contribution < 1.29 is 14.3 Å². The van der Waals surface area contributed by atoms with Gasteiger partial charge in [0.2, 0.25) is 0 Å². The third-order valence-corrected chi connectivity index (χ3v) is 6.88. The number of hydrogen-bond donors (Lipinski definition) is 1. The molecule has 33 heavy (non-hydrogen) atoms. The normalized spacial score (nSPS) is 16.1. The number of nitrogens with one attached hydrogen (secondary N) is 1. The minimum Gasteiger partial charge on any atom is -0.479 e. The van der Waals surface area contributed by atoms with Gasteiger partial charge in [0.1, 0.15) is 10.6 Å². The van der Waals surface area contributed by atoms with Crippen LogP contribution >= 0.6 is 11.3 Å². The molecule has 2 aromatic carbocycles. The second-order valence-electron chi connectivity index (χ2n) is 8.04. The maximum atomic E-state index is 13.5. The van der Waals surface area contributed by atoms with Crippen LogP contribution in [-0.4, -0.2) is 27.3 Å². The first-order valence-corrected chi connectivity index (χ1v) is 11.4. The first-order valence-electron chi connectivity index (χ1n) is 10.6. The standard InChI is InChI=1S/C25H21N3O4S/c1-13(22(29)17-9-10-19-18(11-17)27-23(30)14(2)32-19)28-12-26-24-21(25(28)31)20(15(3)33-24)16-7-5-4-6-8-16/h4-14H,1-3H3,(H,27,30). The van der Waals surface area contributed by atoms with Crippen molar-refractivity contribution in [1.82, 2.24) is 9.55 Å². The Hall–Kier alpha value is -3.78. The number of fused-ring (bicyclic) bond motifs is 2. The van der Waals surface area contributed by atoms with E-state index in [-0.39, 0.29) is 17.2 Å². The van der Waals surface area contributed by atoms with Crippen LogP contribution in [0.2, 0.25) is 0 Å². The van der Waals surface area contributed by atoms with Gasteiger partial charge >= 0.3 is 0 Å². The second kappa shape index (κ2) is 7.97. The fourth-order valence-corrected chi connectivity index (χ4v) is 5.08. The number of benzene rings is 2. The first kappa shape index (κ1) is 21.1. The lowest BCUT2D eigenvalue weighted by Gasteiger charge is -2.24. The number of amides is 1. The molecule has 7 nitrogen and oxygen atoms in total. The van der Waals surface area contributed by atoms with Crippen molar-refractivity contribution in [3.63, 3.8) is 0 Å². The Labute approximate surface area is 193 Å². The molecule has 166 valence electrons. The monoisotopic (exact) mass is 459 g/mol. The molecule has 1 aliphatic heterocycles. The molecule has 1 amide bonds. The average molecular weight is 460 g/mol. The SMILES string of the molecule is Cc1sc2ncn(C(C)C(=O)c3ccc4c(c3)NC(=O)C(C)O4)c(=O)c2c1-c1ccccc1. The molecule has 0 saturated heterocycles. The zero-order valence-corrected chi connectivity index (χ0v) is 19.1. The molecule has 0 radical (unpaired) electrons. The summed E-state index contributed by atoms with van der Waals surface area (Å²) in [6.07, 6.45) is 0.838. The van der Waals surface area contributed by atoms with Gasteiger partial charge in [-0.25, -0.2) is 4.98 Å². The molecule has 4 aromatic rings. The molecule has 0 spiro atoms. The van der Waals surface area contributed by atoms with Gasteiger partial charge in [0, 0.05) is 16.0 Å². The third kappa shape index (κ3) is 3.52. The van der Waals surface area contributed by atoms with Crippen molar-refractivity contribution in [3.8, 4) is 16.9 Å². The number of rotatable bonds is 4. The van der Waals surface area contributed by atoms with Crippen LogP contribution < -0.4 is 15.6 Å². The van der Waals surface area contributed by atoms with Gasteiger partial charge in [-0.2, -0.15) is 0 Å². The van der Waals surface area contributed by atoms with Crippen LogP contribution in [0.15, 0.2) is 59.7 Å². The molecule has 0 bridgehead atoms. The molecule has 1 N–H and O–H groups in total. The quantitative estimate of drug-likeness (QED) is 0.451. The number of carbonyl (C=O) groups excluding carboxylic acids is 2. The molecule has 8 heteroatoms. The van der Waals surface area contributed by atoms with Gasteiger partial charge in [-0.3, -0.25) is 19.0 Å². The maximum absolute atomic E-state index is 13.5. The van der Waals surface area contributed by atoms with Crippen LogP contribution in [0.3, 0.4) is 0 Å². The Balaban J connectivity index is 1.55. The highest BCUT2D eigenvalue weighted by Crippen LogP contribution is 2.36. The third-order valence-electron chi connectivity index (χ3n) is 5.87. The van der Waals surface area contributed by atoms with Gasteiger partial charge in [-0.05, 0) is 44.5 Å². The topological polar surface area (TPSA) is 90.3 Å². The van der Waals surface area contributed by atoms with Crippen molar-refractivity contribution in [1.29, 1.82) is 0 Å². The summed E-state index contributed by atoms with van der Waals surface area (Å²) in [5.41, 5.74) is 2.35. The largest absolute Gasteiger partial charge is 0.479 e. The van der Waals surface area contributed by atoms with E-state index in [1.54, 1.807) is 32.0 Å². The van der Waals surface area contributed by atoms with E-state index in [0.29, 0.717) is 27.2 Å². The Morgan fingerprint density at radius 1 is 1.18 bits per heavy atom. The summed E-state index contributed by atoms with van der Waals surface area (Å²) in [5.74, 6) is -0.0257. The van der Waals surface area contributed by atoms with Crippen LogP contribution in [-0.2, 0) is 4.79 Å². The van der Waals surface area contributed by atoms with Gasteiger partial charge < -0.3 is 10.1 Å². The summed E-state index contributed by atoms with van der Waals surface area (Å²) in [6, 6.07) is 13.8. The number of aromatic nitrogens is 2. The zero-order valence-electron chi connectivity index (χ0n) is 18.3. The minimum absolute atomic E-state index is 0.257. The summed E-state index contributed by atoms with van der Waals surface area (Å²) in [4.78, 5) is 44.9. The summed E-state index contributed by atoms with van der Waals surface area (Å²) < 4.78 is 6.94. The predicted molar refractivity (Wildman–Crippen MR) is 128 cm³/mol. The Morgan fingerprint density at radius 2 is 1.94 bits per heavy atom. The molecular weight excluding hydrogens is 438 g/mol. The van der Waals surface area contributed by atoms with E-state index in [1.807, 2.05) is 37.3 Å². The molecule has 3 heterocycles. The minimum atomic E-state index is -0.782. The van der Waals surface area contributed by atoms with Gasteiger partial charge in [0.25, 0.3) is 11.5 Å². The molecule has 5 rings (SSSR count). The van der Waals surface area contributed by atoms with Crippen LogP contribution in [0.4, 0.5) is 5.69 Å². The number of nitrogens with zero attached hydrogens (tertiary/aromatic N) is 2. The molecule has 0 aliphatic carbocycles. The van der Waals surface area contributed by atoms with Crippen LogP contribution in [0.1, 0.15) is 35.1 Å². The lowest BCUT2D eigenvalue weighted by atomic mass is 10.0. The summed E-state index contributed by atoms with van der Waals surface area (Å²) in [6.45, 7) is 5.30. The van der Waals surface area contributed by atoms with E-state index in [0.717, 1.165) is 16.0 Å². The lowest BCUT2D eigenvalue weighted by Crippen LogP contribution is -2.34. The molecule has 0 saturated carbocycles. The Morgan fingerprint density at radius 3 is 2.70 bits per heavy atom. The van der Waals surface area contributed by atoms with Crippen LogP contribution in [0.25, 0.3) is 21.3 Å². The summed E-state index contributed by atoms with van der Waals surface area (Å²) >= 11 is 1.47. The molecule has 1 aliphatic rings. The van der Waals surface area contributed by atoms with E-state index in [1.165, 1.54) is 22.2 Å². The smallest absolute Gasteiger partial charge is 0.265 e. The fourth-order valence-electron chi connectivity index (χ4n) is 4.07. The second-order valence-corrected chi connectivity index (χ2v) is 9.24. The van der Waals surface area contributed by atoms with Crippen molar-refractivity contribution in [2.45, 2.75) is 32.9 Å². The van der Waals surface area contributed by atoms with Crippen molar-refractivity contribution in [2.75, 3.05) is 5.32 Å². The molecule has 2 aromatic heterocycles. The number of Topliss-reactive ketones (excluding diaryl/α,β-unsaturated/α-hetero) is 1. The van der Waals surface area contributed by atoms with Gasteiger partial charge in [0.05, 0.1) is 23.4 Å². The molecule has 2 atom stereocenters. The predicted octanol–water partition coefficient (Wildman–Crippen LogP) is 4.60. The fraction of sp³-hybridized carbons (Fsp3) is 0.200. The number of ether oxygens (including phenoxy) is 1. The van der Waals surface area contributed by atoms with Crippen LogP contribution in [0, 0.1) is 6.92 Å². The highest BCUT2D eigenvalue weighted by Gasteiger charge is 2.27. The summed E-state index contributed by atoms with van der Waals surface area (Å²) in [7, 11) is 0. The molecule has 2 unspecified atom stereocenters. The zero-order chi connectivity index (χ0) is 23.3. The molecule has 0 fully saturated rings. The Bertz CT molecular complexity index is 1470. The number of hydrogen-bond acceptors (Lipinski definition) is 6. The van der Waals surface area contributed by atoms with Gasteiger partial charge in [0.15, 0.2) is 11.9 Å². The molecular formula is C25H21N3O4S. The van der Waals surface area contributed by atoms with Gasteiger partial charge in [-0.15, -0.1) is 11.3 Å². The lowest BCUT2D eigenvalue weighted by molar-refractivity contribution is -0.122. The average Bonchev–Trinajstić information content (AvgIpc) is 3.16. The van der Waals surface area contributed by atoms with Crippen molar-refractivity contribution in [3.05, 3.63) is 75.7 Å². The van der Waals surface area contributed by atoms with Crippen molar-refractivity contribution in [2.24, 2.45) is 0 Å². The van der Waals surface area contributed by atoms with E-state index in [4.69, 9.17) is 4.74 Å². The number of thiophene rings is 1. The Kier molecular flexibility index (Phi) is 5.09. The van der Waals surface area contributed by atoms with E-state index >= 15 is 0 Å².